The van der Waals surface area contributed by atoms with Crippen LogP contribution in [0.1, 0.15) is 26.7 Å². The summed E-state index contributed by atoms with van der Waals surface area (Å²) in [7, 11) is -3.10. The van der Waals surface area contributed by atoms with E-state index in [0.29, 0.717) is 17.4 Å². The van der Waals surface area contributed by atoms with Gasteiger partial charge in [0.25, 0.3) is 0 Å². The lowest BCUT2D eigenvalue weighted by Crippen LogP contribution is -2.16. The highest BCUT2D eigenvalue weighted by Crippen LogP contribution is 2.17. The third-order valence-corrected chi connectivity index (χ3v) is 5.43. The molecule has 0 amide bonds. The van der Waals surface area contributed by atoms with E-state index in [2.05, 4.69) is 18.5 Å². The number of nitrogens with one attached hydrogen (secondary N) is 1. The molecule has 1 N–H and O–H groups in total. The van der Waals surface area contributed by atoms with Crippen LogP contribution in [0, 0.1) is 0 Å². The predicted molar refractivity (Wildman–Crippen MR) is 84.9 cm³/mol. The Morgan fingerprint density at radius 3 is 2.42 bits per heavy atom. The Bertz CT molecular complexity index is 469. The van der Waals surface area contributed by atoms with Crippen molar-refractivity contribution in [3.63, 3.8) is 0 Å². The maximum Gasteiger partial charge on any atom is 0.178 e. The number of anilines is 1. The maximum absolute atomic E-state index is 11.9. The lowest BCUT2D eigenvalue weighted by Gasteiger charge is -2.15. The van der Waals surface area contributed by atoms with Crippen LogP contribution in [0.25, 0.3) is 0 Å². The van der Waals surface area contributed by atoms with Crippen LogP contribution in [0.15, 0.2) is 29.2 Å². The molecule has 0 heterocycles. The zero-order chi connectivity index (χ0) is 14.3. The van der Waals surface area contributed by atoms with Crippen LogP contribution in [0.4, 0.5) is 5.69 Å². The molecule has 1 aromatic carbocycles. The molecule has 5 heteroatoms. The van der Waals surface area contributed by atoms with Gasteiger partial charge in [-0.2, -0.15) is 11.8 Å². The molecule has 1 rings (SSSR count). The van der Waals surface area contributed by atoms with Gasteiger partial charge in [-0.3, -0.25) is 0 Å². The van der Waals surface area contributed by atoms with Crippen molar-refractivity contribution in [1.29, 1.82) is 0 Å². The first kappa shape index (κ1) is 16.4. The van der Waals surface area contributed by atoms with Crippen molar-refractivity contribution in [3.05, 3.63) is 24.3 Å². The molecule has 0 aliphatic heterocycles. The van der Waals surface area contributed by atoms with E-state index in [1.54, 1.807) is 12.1 Å². The molecule has 0 aliphatic carbocycles. The number of benzene rings is 1. The van der Waals surface area contributed by atoms with Gasteiger partial charge in [0.15, 0.2) is 9.84 Å². The fourth-order valence-electron chi connectivity index (χ4n) is 1.80. The molecule has 1 unspecified atom stereocenters. The second kappa shape index (κ2) is 7.80. The van der Waals surface area contributed by atoms with E-state index in [1.165, 1.54) is 0 Å². The molecule has 0 aromatic heterocycles. The van der Waals surface area contributed by atoms with Crippen LogP contribution in [0.3, 0.4) is 0 Å². The van der Waals surface area contributed by atoms with Gasteiger partial charge in [-0.25, -0.2) is 8.42 Å². The van der Waals surface area contributed by atoms with Crippen LogP contribution in [-0.4, -0.2) is 32.2 Å². The van der Waals surface area contributed by atoms with E-state index >= 15 is 0 Å². The second-order valence-corrected chi connectivity index (χ2v) is 7.76. The molecule has 0 spiro atoms. The summed E-state index contributed by atoms with van der Waals surface area (Å²) in [6.45, 7) is 4.01. The Morgan fingerprint density at radius 2 is 1.89 bits per heavy atom. The van der Waals surface area contributed by atoms with Crippen LogP contribution < -0.4 is 5.32 Å². The standard InChI is InChI=1S/C14H23NO2S2/c1-4-11-19(16,17)14-7-5-13(6-8-14)15-12(2)9-10-18-3/h5-8,12,15H,4,9-11H2,1-3H3. The molecular weight excluding hydrogens is 278 g/mol. The first-order chi connectivity index (χ1) is 8.99. The van der Waals surface area contributed by atoms with Gasteiger partial charge >= 0.3 is 0 Å². The molecule has 0 saturated heterocycles. The Morgan fingerprint density at radius 1 is 1.26 bits per heavy atom. The molecule has 0 aliphatic rings. The quantitative estimate of drug-likeness (QED) is 0.799. The van der Waals surface area contributed by atoms with Crippen molar-refractivity contribution in [2.75, 3.05) is 23.1 Å². The van der Waals surface area contributed by atoms with Crippen LogP contribution in [-0.2, 0) is 9.84 Å². The maximum atomic E-state index is 11.9. The smallest absolute Gasteiger partial charge is 0.178 e. The average molecular weight is 301 g/mol. The number of thioether (sulfide) groups is 1. The Kier molecular flexibility index (Phi) is 6.72. The summed E-state index contributed by atoms with van der Waals surface area (Å²) in [5.41, 5.74) is 0.976. The number of hydrogen-bond acceptors (Lipinski definition) is 4. The van der Waals surface area contributed by atoms with Crippen LogP contribution in [0.2, 0.25) is 0 Å². The van der Waals surface area contributed by atoms with E-state index < -0.39 is 9.84 Å². The van der Waals surface area contributed by atoms with Crippen molar-refractivity contribution in [3.8, 4) is 0 Å². The van der Waals surface area contributed by atoms with Crippen molar-refractivity contribution >= 4 is 27.3 Å². The monoisotopic (exact) mass is 301 g/mol. The van der Waals surface area contributed by atoms with Crippen molar-refractivity contribution in [2.24, 2.45) is 0 Å². The highest BCUT2D eigenvalue weighted by Gasteiger charge is 2.12. The minimum Gasteiger partial charge on any atom is -0.383 e. The zero-order valence-electron chi connectivity index (χ0n) is 11.8. The molecule has 19 heavy (non-hydrogen) atoms. The summed E-state index contributed by atoms with van der Waals surface area (Å²) in [4.78, 5) is 0.414. The first-order valence-electron chi connectivity index (χ1n) is 6.58. The third-order valence-electron chi connectivity index (χ3n) is 2.85. The summed E-state index contributed by atoms with van der Waals surface area (Å²) >= 11 is 1.83. The molecule has 108 valence electrons. The molecular formula is C14H23NO2S2. The van der Waals surface area contributed by atoms with Gasteiger partial charge in [-0.15, -0.1) is 0 Å². The van der Waals surface area contributed by atoms with Crippen LogP contribution in [0.5, 0.6) is 0 Å². The topological polar surface area (TPSA) is 46.2 Å². The van der Waals surface area contributed by atoms with Gasteiger partial charge in [0, 0.05) is 11.7 Å². The molecule has 3 nitrogen and oxygen atoms in total. The first-order valence-corrected chi connectivity index (χ1v) is 9.62. The predicted octanol–water partition coefficient (Wildman–Crippen LogP) is 3.42. The van der Waals surface area contributed by atoms with Crippen LogP contribution >= 0.6 is 11.8 Å². The molecule has 0 radical (unpaired) electrons. The van der Waals surface area contributed by atoms with Crippen molar-refractivity contribution < 1.29 is 8.42 Å². The van der Waals surface area contributed by atoms with Gasteiger partial charge in [0.1, 0.15) is 0 Å². The van der Waals surface area contributed by atoms with Crippen molar-refractivity contribution in [2.45, 2.75) is 37.6 Å². The van der Waals surface area contributed by atoms with E-state index in [4.69, 9.17) is 0 Å². The fraction of sp³-hybridized carbons (Fsp3) is 0.571. The minimum atomic E-state index is -3.10. The lowest BCUT2D eigenvalue weighted by molar-refractivity contribution is 0.595. The second-order valence-electron chi connectivity index (χ2n) is 4.67. The number of hydrogen-bond donors (Lipinski definition) is 1. The van der Waals surface area contributed by atoms with Gasteiger partial charge < -0.3 is 5.32 Å². The number of sulfone groups is 1. The molecule has 1 aromatic rings. The van der Waals surface area contributed by atoms with E-state index in [1.807, 2.05) is 30.8 Å². The zero-order valence-corrected chi connectivity index (χ0v) is 13.5. The minimum absolute atomic E-state index is 0.212. The SMILES string of the molecule is CCCS(=O)(=O)c1ccc(NC(C)CCSC)cc1. The summed E-state index contributed by atoms with van der Waals surface area (Å²) < 4.78 is 23.8. The van der Waals surface area contributed by atoms with Gasteiger partial charge in [0.05, 0.1) is 10.6 Å². The fourth-order valence-corrected chi connectivity index (χ4v) is 3.71. The van der Waals surface area contributed by atoms with Gasteiger partial charge in [-0.1, -0.05) is 6.92 Å². The highest BCUT2D eigenvalue weighted by molar-refractivity contribution is 7.98. The summed E-state index contributed by atoms with van der Waals surface area (Å²) in [5.74, 6) is 1.33. The van der Waals surface area contributed by atoms with E-state index in [0.717, 1.165) is 17.9 Å². The summed E-state index contributed by atoms with van der Waals surface area (Å²) in [5, 5.41) is 3.38. The van der Waals surface area contributed by atoms with Gasteiger partial charge in [-0.05, 0) is 56.0 Å². The Hall–Kier alpha value is -0.680. The third kappa shape index (κ3) is 5.45. The number of rotatable bonds is 8. The molecule has 0 saturated carbocycles. The summed E-state index contributed by atoms with van der Waals surface area (Å²) in [6, 6.07) is 7.46. The largest absolute Gasteiger partial charge is 0.383 e. The Labute approximate surface area is 121 Å². The molecule has 1 atom stereocenters. The lowest BCUT2D eigenvalue weighted by atomic mass is 10.2. The van der Waals surface area contributed by atoms with E-state index in [9.17, 15) is 8.42 Å². The molecule has 0 fully saturated rings. The molecule has 0 bridgehead atoms. The highest BCUT2D eigenvalue weighted by atomic mass is 32.2. The average Bonchev–Trinajstić information content (AvgIpc) is 2.37. The van der Waals surface area contributed by atoms with Gasteiger partial charge in [0.2, 0.25) is 0 Å². The normalized spacial score (nSPS) is 13.2. The summed E-state index contributed by atoms with van der Waals surface area (Å²) in [6.07, 6.45) is 3.84. The van der Waals surface area contributed by atoms with E-state index in [-0.39, 0.29) is 5.75 Å². The van der Waals surface area contributed by atoms with Crippen molar-refractivity contribution in [1.82, 2.24) is 0 Å². The Balaban J connectivity index is 2.66.